The zero-order valence-electron chi connectivity index (χ0n) is 9.01. The van der Waals surface area contributed by atoms with Crippen molar-refractivity contribution >= 4 is 17.1 Å². The molecule has 5 heteroatoms. The van der Waals surface area contributed by atoms with Gasteiger partial charge in [0.1, 0.15) is 5.75 Å². The minimum Gasteiger partial charge on any atom is -0.611 e. The van der Waals surface area contributed by atoms with Crippen molar-refractivity contribution in [1.82, 2.24) is 0 Å². The lowest BCUT2D eigenvalue weighted by Gasteiger charge is -2.09. The number of aliphatic carboxylic acids is 1. The molecule has 4 nitrogen and oxygen atoms in total. The molecule has 0 radical (unpaired) electrons. The predicted molar refractivity (Wildman–Crippen MR) is 60.9 cm³/mol. The molecule has 0 fully saturated rings. The molecule has 0 amide bonds. The maximum Gasteiger partial charge on any atom is 0.307 e. The molecule has 1 N–H and O–H groups in total. The number of carboxylic acid groups (broad SMARTS) is 1. The van der Waals surface area contributed by atoms with E-state index in [9.17, 15) is 9.35 Å². The molecule has 0 bridgehead atoms. The normalized spacial score (nSPS) is 12.4. The first-order chi connectivity index (χ1) is 7.63. The highest BCUT2D eigenvalue weighted by Gasteiger charge is 2.10. The number of methoxy groups -OCH3 is 1. The Morgan fingerprint density at radius 2 is 2.06 bits per heavy atom. The summed E-state index contributed by atoms with van der Waals surface area (Å²) in [5, 5.41) is 8.59. The Morgan fingerprint density at radius 1 is 1.44 bits per heavy atom. The van der Waals surface area contributed by atoms with E-state index in [1.165, 1.54) is 0 Å². The van der Waals surface area contributed by atoms with Gasteiger partial charge in [-0.3, -0.25) is 4.79 Å². The Hall–Kier alpha value is -1.04. The zero-order chi connectivity index (χ0) is 12.0. The summed E-state index contributed by atoms with van der Waals surface area (Å²) in [6.07, 6.45) is -0.00894. The highest BCUT2D eigenvalue weighted by Crippen LogP contribution is 2.12. The van der Waals surface area contributed by atoms with Crippen LogP contribution in [-0.2, 0) is 27.1 Å². The molecule has 0 spiro atoms. The van der Waals surface area contributed by atoms with Crippen LogP contribution in [0, 0.1) is 0 Å². The molecule has 0 heterocycles. The van der Waals surface area contributed by atoms with Crippen molar-refractivity contribution in [3.63, 3.8) is 0 Å². The average Bonchev–Trinajstić information content (AvgIpc) is 2.26. The summed E-state index contributed by atoms with van der Waals surface area (Å²) in [5.74, 6) is -0.414. The molecule has 1 unspecified atom stereocenters. The van der Waals surface area contributed by atoms with Crippen molar-refractivity contribution in [1.29, 1.82) is 0 Å². The van der Waals surface area contributed by atoms with Crippen LogP contribution < -0.4 is 0 Å². The van der Waals surface area contributed by atoms with Gasteiger partial charge in [-0.05, 0) is 28.9 Å². The number of hydrogen-bond donors (Lipinski definition) is 1. The molecule has 1 rings (SSSR count). The molecule has 88 valence electrons. The fraction of sp³-hybridized carbons (Fsp3) is 0.364. The third-order valence-electron chi connectivity index (χ3n) is 2.01. The third-order valence-corrected chi connectivity index (χ3v) is 3.35. The van der Waals surface area contributed by atoms with Crippen LogP contribution >= 0.6 is 0 Å². The van der Waals surface area contributed by atoms with E-state index in [0.29, 0.717) is 22.8 Å². The third kappa shape index (κ3) is 4.22. The van der Waals surface area contributed by atoms with Crippen LogP contribution in [0.25, 0.3) is 0 Å². The Balaban J connectivity index is 2.59. The number of rotatable bonds is 6. The molecule has 0 aliphatic rings. The highest BCUT2D eigenvalue weighted by molar-refractivity contribution is 7.91. The van der Waals surface area contributed by atoms with Crippen LogP contribution in [0.2, 0.25) is 0 Å². The summed E-state index contributed by atoms with van der Waals surface area (Å²) in [7, 11) is 1.56. The zero-order valence-corrected chi connectivity index (χ0v) is 9.83. The van der Waals surface area contributed by atoms with Crippen molar-refractivity contribution in [3.05, 3.63) is 29.8 Å². The van der Waals surface area contributed by atoms with Gasteiger partial charge in [0.15, 0.2) is 4.90 Å². The van der Waals surface area contributed by atoms with Crippen molar-refractivity contribution in [2.75, 3.05) is 19.5 Å². The van der Waals surface area contributed by atoms with Crippen molar-refractivity contribution in [2.45, 2.75) is 11.3 Å². The van der Waals surface area contributed by atoms with E-state index in [1.54, 1.807) is 31.4 Å². The Morgan fingerprint density at radius 3 is 2.56 bits per heavy atom. The molecular formula is C11H14O4S. The van der Waals surface area contributed by atoms with Crippen LogP contribution in [0.1, 0.15) is 5.56 Å². The fourth-order valence-electron chi connectivity index (χ4n) is 1.21. The number of hydrogen-bond acceptors (Lipinski definition) is 3. The van der Waals surface area contributed by atoms with Gasteiger partial charge >= 0.3 is 5.97 Å². The van der Waals surface area contributed by atoms with Crippen molar-refractivity contribution in [2.24, 2.45) is 0 Å². The second kappa shape index (κ2) is 6.52. The van der Waals surface area contributed by atoms with Gasteiger partial charge in [-0.1, -0.05) is 12.1 Å². The molecule has 0 aliphatic carbocycles. The molecule has 0 saturated carbocycles. The number of benzene rings is 1. The minimum atomic E-state index is -1.08. The van der Waals surface area contributed by atoms with E-state index in [2.05, 4.69) is 0 Å². The summed E-state index contributed by atoms with van der Waals surface area (Å²) in [4.78, 5) is 11.2. The molecule has 0 aliphatic heterocycles. The summed E-state index contributed by atoms with van der Waals surface area (Å²) in [6, 6.07) is 6.77. The molecule has 0 saturated heterocycles. The highest BCUT2D eigenvalue weighted by atomic mass is 32.2. The first-order valence-electron chi connectivity index (χ1n) is 4.81. The van der Waals surface area contributed by atoms with Crippen LogP contribution in [0.4, 0.5) is 0 Å². The molecule has 1 aromatic carbocycles. The lowest BCUT2D eigenvalue weighted by molar-refractivity contribution is -0.136. The molecular weight excluding hydrogens is 228 g/mol. The fourth-order valence-corrected chi connectivity index (χ4v) is 2.20. The van der Waals surface area contributed by atoms with E-state index >= 15 is 0 Å². The van der Waals surface area contributed by atoms with Gasteiger partial charge in [-0.25, -0.2) is 0 Å². The summed E-state index contributed by atoms with van der Waals surface area (Å²) in [6.45, 7) is 0.448. The van der Waals surface area contributed by atoms with E-state index in [4.69, 9.17) is 9.84 Å². The van der Waals surface area contributed by atoms with Crippen LogP contribution in [-0.4, -0.2) is 35.1 Å². The predicted octanol–water partition coefficient (Wildman–Crippen LogP) is 1.07. The summed E-state index contributed by atoms with van der Waals surface area (Å²) >= 11 is -1.08. The largest absolute Gasteiger partial charge is 0.611 e. The van der Waals surface area contributed by atoms with E-state index in [0.717, 1.165) is 0 Å². The molecule has 0 aromatic heterocycles. The van der Waals surface area contributed by atoms with Crippen molar-refractivity contribution in [3.8, 4) is 0 Å². The second-order valence-electron chi connectivity index (χ2n) is 3.26. The van der Waals surface area contributed by atoms with Crippen LogP contribution in [0.15, 0.2) is 29.2 Å². The smallest absolute Gasteiger partial charge is 0.307 e. The van der Waals surface area contributed by atoms with Crippen LogP contribution in [0.3, 0.4) is 0 Å². The quantitative estimate of drug-likeness (QED) is 0.757. The monoisotopic (exact) mass is 242 g/mol. The van der Waals surface area contributed by atoms with Gasteiger partial charge in [0, 0.05) is 7.11 Å². The van der Waals surface area contributed by atoms with E-state index in [-0.39, 0.29) is 6.42 Å². The summed E-state index contributed by atoms with van der Waals surface area (Å²) in [5.41, 5.74) is 0.708. The second-order valence-corrected chi connectivity index (χ2v) is 4.83. The first kappa shape index (κ1) is 13.0. The Labute approximate surface area is 97.4 Å². The summed E-state index contributed by atoms with van der Waals surface area (Å²) < 4.78 is 16.5. The van der Waals surface area contributed by atoms with Gasteiger partial charge in [0.25, 0.3) is 0 Å². The average molecular weight is 242 g/mol. The molecule has 1 aromatic rings. The molecule has 16 heavy (non-hydrogen) atoms. The Kier molecular flexibility index (Phi) is 5.31. The molecule has 1 atom stereocenters. The number of carbonyl (C=O) groups is 1. The van der Waals surface area contributed by atoms with Crippen molar-refractivity contribution < 1.29 is 19.2 Å². The number of carboxylic acids is 1. The van der Waals surface area contributed by atoms with Gasteiger partial charge in [-0.2, -0.15) is 0 Å². The maximum atomic E-state index is 11.7. The van der Waals surface area contributed by atoms with Gasteiger partial charge in [0.2, 0.25) is 0 Å². The Bertz CT molecular complexity index is 336. The number of ether oxygens (including phenoxy) is 1. The van der Waals surface area contributed by atoms with E-state index in [1.807, 2.05) is 0 Å². The SMILES string of the molecule is COCC[S+]([O-])c1ccc(CC(=O)O)cc1. The lowest BCUT2D eigenvalue weighted by atomic mass is 10.2. The standard InChI is InChI=1S/C11H14O4S/c1-15-6-7-16(14)10-4-2-9(3-5-10)8-11(12)13/h2-5H,6-8H2,1H3,(H,12,13). The minimum absolute atomic E-state index is 0.00894. The first-order valence-corrected chi connectivity index (χ1v) is 6.13. The van der Waals surface area contributed by atoms with Crippen LogP contribution in [0.5, 0.6) is 0 Å². The topological polar surface area (TPSA) is 69.6 Å². The van der Waals surface area contributed by atoms with Gasteiger partial charge in [0.05, 0.1) is 13.0 Å². The van der Waals surface area contributed by atoms with Gasteiger partial charge < -0.3 is 14.4 Å². The van der Waals surface area contributed by atoms with Gasteiger partial charge in [-0.15, -0.1) is 0 Å². The maximum absolute atomic E-state index is 11.7. The lowest BCUT2D eigenvalue weighted by Crippen LogP contribution is -2.11. The van der Waals surface area contributed by atoms with E-state index < -0.39 is 17.1 Å².